The number of fused-ring (bicyclic) bond motifs is 1. The number of aromatic amines is 1. The number of carbonyl (C=O) groups is 2. The zero-order chi connectivity index (χ0) is 24.9. The highest BCUT2D eigenvalue weighted by atomic mass is 35.5. The average molecular weight is 492 g/mol. The molecule has 2 amide bonds. The molecule has 2 aromatic carbocycles. The lowest BCUT2D eigenvalue weighted by atomic mass is 10.1. The van der Waals surface area contributed by atoms with Crippen LogP contribution in [0.3, 0.4) is 0 Å². The minimum Gasteiger partial charge on any atom is -0.360 e. The van der Waals surface area contributed by atoms with Crippen molar-refractivity contribution in [2.45, 2.75) is 13.3 Å². The van der Waals surface area contributed by atoms with E-state index < -0.39 is 0 Å². The largest absolute Gasteiger partial charge is 0.360 e. The first-order valence-corrected chi connectivity index (χ1v) is 11.4. The van der Waals surface area contributed by atoms with E-state index in [0.29, 0.717) is 46.7 Å². The summed E-state index contributed by atoms with van der Waals surface area (Å²) in [4.78, 5) is 38.2. The average Bonchev–Trinajstić information content (AvgIpc) is 3.24. The van der Waals surface area contributed by atoms with Gasteiger partial charge >= 0.3 is 0 Å². The summed E-state index contributed by atoms with van der Waals surface area (Å²) < 4.78 is 0. The first-order valence-electron chi connectivity index (χ1n) is 11.0. The van der Waals surface area contributed by atoms with Crippen LogP contribution in [-0.2, 0) is 9.59 Å². The number of nitrogens with one attached hydrogen (secondary N) is 4. The summed E-state index contributed by atoms with van der Waals surface area (Å²) in [6, 6.07) is 13.1. The smallest absolute Gasteiger partial charge is 0.227 e. The molecule has 180 valence electrons. The lowest BCUT2D eigenvalue weighted by Gasteiger charge is -2.15. The van der Waals surface area contributed by atoms with E-state index in [0.717, 1.165) is 16.5 Å². The Morgan fingerprint density at radius 3 is 2.66 bits per heavy atom. The predicted octanol–water partition coefficient (Wildman–Crippen LogP) is 4.87. The quantitative estimate of drug-likeness (QED) is 0.279. The van der Waals surface area contributed by atoms with E-state index in [4.69, 9.17) is 11.6 Å². The standard InChI is InChI=1S/C25H26ClN7O2/c1-15(34)29-22-12-16(8-9-21(22)31-23(35)10-11-33(2)3)30-25-28-14-19(26)24(32-25)18-13-27-20-7-5-4-6-17(18)20/h4-9,12-14,27H,10-11H2,1-3H3,(H,29,34)(H,31,35)(H,28,30,32). The number of para-hydroxylation sites is 1. The van der Waals surface area contributed by atoms with Gasteiger partial charge in [0, 0.05) is 48.2 Å². The molecule has 9 nitrogen and oxygen atoms in total. The minimum absolute atomic E-state index is 0.143. The molecule has 4 aromatic rings. The van der Waals surface area contributed by atoms with Crippen molar-refractivity contribution in [2.75, 3.05) is 36.6 Å². The number of aromatic nitrogens is 3. The van der Waals surface area contributed by atoms with Gasteiger partial charge in [-0.15, -0.1) is 0 Å². The molecular weight excluding hydrogens is 466 g/mol. The summed E-state index contributed by atoms with van der Waals surface area (Å²) in [5, 5.41) is 10.2. The first-order chi connectivity index (χ1) is 16.8. The molecule has 0 radical (unpaired) electrons. The van der Waals surface area contributed by atoms with E-state index in [1.807, 2.05) is 49.5 Å². The van der Waals surface area contributed by atoms with Gasteiger partial charge in [-0.05, 0) is 38.4 Å². The summed E-state index contributed by atoms with van der Waals surface area (Å²) in [7, 11) is 3.80. The van der Waals surface area contributed by atoms with E-state index in [2.05, 4.69) is 30.9 Å². The Labute approximate surface area is 207 Å². The van der Waals surface area contributed by atoms with Crippen LogP contribution in [0.5, 0.6) is 0 Å². The van der Waals surface area contributed by atoms with Crippen LogP contribution >= 0.6 is 11.6 Å². The fraction of sp³-hybridized carbons (Fsp3) is 0.200. The molecule has 4 N–H and O–H groups in total. The maximum Gasteiger partial charge on any atom is 0.227 e. The number of carbonyl (C=O) groups excluding carboxylic acids is 2. The Hall–Kier alpha value is -3.95. The fourth-order valence-corrected chi connectivity index (χ4v) is 3.77. The molecule has 0 bridgehead atoms. The van der Waals surface area contributed by atoms with Crippen molar-refractivity contribution in [3.8, 4) is 11.3 Å². The Morgan fingerprint density at radius 2 is 1.89 bits per heavy atom. The Kier molecular flexibility index (Phi) is 7.28. The second-order valence-electron chi connectivity index (χ2n) is 8.31. The molecule has 0 spiro atoms. The van der Waals surface area contributed by atoms with Crippen molar-refractivity contribution in [3.05, 3.63) is 59.9 Å². The normalized spacial score (nSPS) is 11.0. The molecule has 2 heterocycles. The van der Waals surface area contributed by atoms with E-state index in [1.54, 1.807) is 24.4 Å². The summed E-state index contributed by atoms with van der Waals surface area (Å²) in [5.74, 6) is -0.0584. The topological polar surface area (TPSA) is 115 Å². The highest BCUT2D eigenvalue weighted by molar-refractivity contribution is 6.33. The summed E-state index contributed by atoms with van der Waals surface area (Å²) in [6.07, 6.45) is 3.75. The van der Waals surface area contributed by atoms with E-state index in [9.17, 15) is 9.59 Å². The third-order valence-corrected chi connectivity index (χ3v) is 5.51. The minimum atomic E-state index is -0.254. The third-order valence-electron chi connectivity index (χ3n) is 5.24. The zero-order valence-electron chi connectivity index (χ0n) is 19.6. The first kappa shape index (κ1) is 24.2. The van der Waals surface area contributed by atoms with Crippen LogP contribution in [-0.4, -0.2) is 52.3 Å². The molecule has 0 unspecified atom stereocenters. The van der Waals surface area contributed by atoms with Crippen LogP contribution in [0, 0.1) is 0 Å². The Balaban J connectivity index is 1.59. The second kappa shape index (κ2) is 10.5. The maximum atomic E-state index is 12.3. The second-order valence-corrected chi connectivity index (χ2v) is 8.71. The maximum absolute atomic E-state index is 12.3. The SMILES string of the molecule is CC(=O)Nc1cc(Nc2ncc(Cl)c(-c3c[nH]c4ccccc34)n2)ccc1NC(=O)CCN(C)C. The summed E-state index contributed by atoms with van der Waals surface area (Å²) >= 11 is 6.43. The van der Waals surface area contributed by atoms with Gasteiger partial charge in [0.05, 0.1) is 28.3 Å². The van der Waals surface area contributed by atoms with Gasteiger partial charge < -0.3 is 25.8 Å². The van der Waals surface area contributed by atoms with Crippen LogP contribution in [0.15, 0.2) is 54.9 Å². The van der Waals surface area contributed by atoms with E-state index in [1.165, 1.54) is 6.92 Å². The monoisotopic (exact) mass is 491 g/mol. The van der Waals surface area contributed by atoms with E-state index >= 15 is 0 Å². The molecule has 0 aliphatic heterocycles. The molecular formula is C25H26ClN7O2. The number of hydrogen-bond acceptors (Lipinski definition) is 6. The fourth-order valence-electron chi connectivity index (χ4n) is 3.57. The van der Waals surface area contributed by atoms with Crippen LogP contribution in [0.1, 0.15) is 13.3 Å². The van der Waals surface area contributed by atoms with Gasteiger partial charge in [-0.3, -0.25) is 9.59 Å². The Morgan fingerprint density at radius 1 is 1.09 bits per heavy atom. The highest BCUT2D eigenvalue weighted by Gasteiger charge is 2.14. The molecule has 0 aliphatic rings. The predicted molar refractivity (Wildman–Crippen MR) is 140 cm³/mol. The van der Waals surface area contributed by atoms with Gasteiger partial charge in [-0.25, -0.2) is 9.97 Å². The number of nitrogens with zero attached hydrogens (tertiary/aromatic N) is 3. The van der Waals surface area contributed by atoms with Gasteiger partial charge in [-0.2, -0.15) is 0 Å². The lowest BCUT2D eigenvalue weighted by Crippen LogP contribution is -2.21. The number of hydrogen-bond donors (Lipinski definition) is 4. The number of benzene rings is 2. The van der Waals surface area contributed by atoms with Crippen molar-refractivity contribution in [1.82, 2.24) is 19.9 Å². The number of rotatable bonds is 8. The molecule has 0 atom stereocenters. The molecule has 10 heteroatoms. The molecule has 2 aromatic heterocycles. The van der Waals surface area contributed by atoms with Crippen LogP contribution in [0.25, 0.3) is 22.2 Å². The van der Waals surface area contributed by atoms with Crippen molar-refractivity contribution in [3.63, 3.8) is 0 Å². The highest BCUT2D eigenvalue weighted by Crippen LogP contribution is 2.33. The van der Waals surface area contributed by atoms with Crippen molar-refractivity contribution in [2.24, 2.45) is 0 Å². The van der Waals surface area contributed by atoms with Crippen LogP contribution in [0.2, 0.25) is 5.02 Å². The van der Waals surface area contributed by atoms with E-state index in [-0.39, 0.29) is 11.8 Å². The number of H-pyrrole nitrogens is 1. The molecule has 0 aliphatic carbocycles. The summed E-state index contributed by atoms with van der Waals surface area (Å²) in [5.41, 5.74) is 4.04. The van der Waals surface area contributed by atoms with Gasteiger partial charge in [0.25, 0.3) is 0 Å². The van der Waals surface area contributed by atoms with Gasteiger partial charge in [-0.1, -0.05) is 29.8 Å². The number of amides is 2. The van der Waals surface area contributed by atoms with Crippen LogP contribution in [0.4, 0.5) is 23.0 Å². The molecule has 4 rings (SSSR count). The molecule has 0 saturated heterocycles. The number of halogens is 1. The zero-order valence-corrected chi connectivity index (χ0v) is 20.4. The molecule has 35 heavy (non-hydrogen) atoms. The summed E-state index contributed by atoms with van der Waals surface area (Å²) in [6.45, 7) is 2.03. The van der Waals surface area contributed by atoms with Crippen LogP contribution < -0.4 is 16.0 Å². The molecule has 0 fully saturated rings. The van der Waals surface area contributed by atoms with Gasteiger partial charge in [0.2, 0.25) is 17.8 Å². The van der Waals surface area contributed by atoms with Gasteiger partial charge in [0.15, 0.2) is 0 Å². The van der Waals surface area contributed by atoms with Gasteiger partial charge in [0.1, 0.15) is 0 Å². The number of anilines is 4. The Bertz CT molecular complexity index is 1380. The molecule has 0 saturated carbocycles. The van der Waals surface area contributed by atoms with Crippen molar-refractivity contribution < 1.29 is 9.59 Å². The lowest BCUT2D eigenvalue weighted by molar-refractivity contribution is -0.116. The van der Waals surface area contributed by atoms with Crippen molar-refractivity contribution >= 4 is 57.3 Å². The third kappa shape index (κ3) is 5.95. The van der Waals surface area contributed by atoms with Crippen molar-refractivity contribution in [1.29, 1.82) is 0 Å².